The lowest BCUT2D eigenvalue weighted by Crippen LogP contribution is -3.00. The Bertz CT molecular complexity index is 326. The highest BCUT2D eigenvalue weighted by atomic mass is 79.9. The largest absolute Gasteiger partial charge is 1.00 e. The number of hydrogen-bond acceptors (Lipinski definition) is 1. The number of likely N-dealkylation sites (N-methyl/N-ethyl adjacent to an activating group) is 1. The summed E-state index contributed by atoms with van der Waals surface area (Å²) in [6.45, 7) is 13.5. The van der Waals surface area contributed by atoms with E-state index in [0.717, 1.165) is 6.54 Å². The Hall–Kier alpha value is -0.380. The van der Waals surface area contributed by atoms with E-state index >= 15 is 0 Å². The van der Waals surface area contributed by atoms with Crippen molar-refractivity contribution in [3.05, 3.63) is 35.9 Å². The number of halogens is 1. The maximum atomic E-state index is 2.59. The summed E-state index contributed by atoms with van der Waals surface area (Å²) in [7, 11) is 0. The molecule has 0 saturated carbocycles. The third kappa shape index (κ3) is 3.81. The van der Waals surface area contributed by atoms with Crippen LogP contribution < -0.4 is 17.0 Å². The molecule has 18 heavy (non-hydrogen) atoms. The average Bonchev–Trinajstić information content (AvgIpc) is 2.41. The van der Waals surface area contributed by atoms with Gasteiger partial charge in [0.25, 0.3) is 0 Å². The maximum absolute atomic E-state index is 2.59. The van der Waals surface area contributed by atoms with Crippen LogP contribution in [-0.2, 0) is 6.54 Å². The quantitative estimate of drug-likeness (QED) is 0.669. The number of hydrogen-bond donors (Lipinski definition) is 0. The van der Waals surface area contributed by atoms with Gasteiger partial charge in [0.15, 0.2) is 0 Å². The molecule has 2 nitrogen and oxygen atoms in total. The van der Waals surface area contributed by atoms with E-state index in [0.29, 0.717) is 0 Å². The van der Waals surface area contributed by atoms with Crippen molar-refractivity contribution in [1.29, 1.82) is 0 Å². The van der Waals surface area contributed by atoms with Gasteiger partial charge in [-0.05, 0) is 19.4 Å². The van der Waals surface area contributed by atoms with Gasteiger partial charge in [-0.25, -0.2) is 0 Å². The van der Waals surface area contributed by atoms with E-state index in [2.05, 4.69) is 49.1 Å². The molecule has 0 atom stereocenters. The average molecular weight is 313 g/mol. The lowest BCUT2D eigenvalue weighted by atomic mass is 10.2. The minimum Gasteiger partial charge on any atom is -1.00 e. The number of quaternary nitrogens is 1. The molecule has 0 aromatic heterocycles. The Morgan fingerprint density at radius 2 is 1.56 bits per heavy atom. The molecule has 1 fully saturated rings. The van der Waals surface area contributed by atoms with Gasteiger partial charge < -0.3 is 21.5 Å². The summed E-state index contributed by atoms with van der Waals surface area (Å²) in [6.07, 6.45) is 0. The molecule has 0 unspecified atom stereocenters. The van der Waals surface area contributed by atoms with E-state index in [9.17, 15) is 0 Å². The number of benzene rings is 1. The molecule has 0 spiro atoms. The summed E-state index contributed by atoms with van der Waals surface area (Å²) >= 11 is 0. The van der Waals surface area contributed by atoms with Crippen LogP contribution in [0.5, 0.6) is 0 Å². The van der Waals surface area contributed by atoms with Crippen LogP contribution in [-0.4, -0.2) is 48.7 Å². The van der Waals surface area contributed by atoms with Crippen LogP contribution in [0.3, 0.4) is 0 Å². The Labute approximate surface area is 122 Å². The van der Waals surface area contributed by atoms with Crippen molar-refractivity contribution in [1.82, 2.24) is 4.90 Å². The highest BCUT2D eigenvalue weighted by molar-refractivity contribution is 5.14. The fourth-order valence-electron chi connectivity index (χ4n) is 2.79. The van der Waals surface area contributed by atoms with Gasteiger partial charge in [0.1, 0.15) is 0 Å². The summed E-state index contributed by atoms with van der Waals surface area (Å²) in [5.41, 5.74) is 1.44. The monoisotopic (exact) mass is 312 g/mol. The van der Waals surface area contributed by atoms with Crippen molar-refractivity contribution in [2.24, 2.45) is 0 Å². The molecule has 0 amide bonds. The molecule has 2 rings (SSSR count). The minimum absolute atomic E-state index is 0. The van der Waals surface area contributed by atoms with E-state index in [1.807, 2.05) is 0 Å². The third-order valence-electron chi connectivity index (χ3n) is 4.37. The first-order valence-corrected chi connectivity index (χ1v) is 6.89. The van der Waals surface area contributed by atoms with E-state index < -0.39 is 0 Å². The molecule has 1 aliphatic rings. The van der Waals surface area contributed by atoms with Crippen LogP contribution in [0.15, 0.2) is 30.3 Å². The van der Waals surface area contributed by atoms with E-state index in [1.54, 1.807) is 0 Å². The van der Waals surface area contributed by atoms with E-state index in [4.69, 9.17) is 0 Å². The number of nitrogens with zero attached hydrogens (tertiary/aromatic N) is 2. The third-order valence-corrected chi connectivity index (χ3v) is 4.37. The minimum atomic E-state index is 0. The topological polar surface area (TPSA) is 3.24 Å². The van der Waals surface area contributed by atoms with Gasteiger partial charge in [-0.2, -0.15) is 0 Å². The molecule has 0 radical (unpaired) electrons. The first kappa shape index (κ1) is 15.7. The molecule has 1 saturated heterocycles. The first-order valence-electron chi connectivity index (χ1n) is 6.89. The summed E-state index contributed by atoms with van der Waals surface area (Å²) in [4.78, 5) is 2.59. The molecule has 0 bridgehead atoms. The normalized spacial score (nSPS) is 19.2. The SMILES string of the molecule is CC[N+]1(CC)CCN(Cc2ccccc2)CC1.[Br-]. The second-order valence-corrected chi connectivity index (χ2v) is 5.18. The summed E-state index contributed by atoms with van der Waals surface area (Å²) < 4.78 is 1.31. The van der Waals surface area contributed by atoms with E-state index in [1.165, 1.54) is 49.3 Å². The highest BCUT2D eigenvalue weighted by Gasteiger charge is 2.29. The lowest BCUT2D eigenvalue weighted by Gasteiger charge is -2.43. The molecule has 1 aromatic carbocycles. The van der Waals surface area contributed by atoms with Crippen molar-refractivity contribution in [3.63, 3.8) is 0 Å². The molecule has 1 heterocycles. The summed E-state index contributed by atoms with van der Waals surface area (Å²) in [6, 6.07) is 10.8. The summed E-state index contributed by atoms with van der Waals surface area (Å²) in [5.74, 6) is 0. The smallest absolute Gasteiger partial charge is 0.0916 e. The van der Waals surface area contributed by atoms with Crippen molar-refractivity contribution >= 4 is 0 Å². The van der Waals surface area contributed by atoms with Crippen molar-refractivity contribution < 1.29 is 21.5 Å². The van der Waals surface area contributed by atoms with Gasteiger partial charge in [-0.15, -0.1) is 0 Å². The summed E-state index contributed by atoms with van der Waals surface area (Å²) in [5, 5.41) is 0. The molecule has 3 heteroatoms. The number of rotatable bonds is 4. The molecular weight excluding hydrogens is 288 g/mol. The first-order chi connectivity index (χ1) is 8.28. The van der Waals surface area contributed by atoms with Crippen LogP contribution in [0.2, 0.25) is 0 Å². The standard InChI is InChI=1S/C15H25N2.BrH/c1-3-17(4-2)12-10-16(11-13-17)14-15-8-6-5-7-9-15;/h5-9H,3-4,10-14H2,1-2H3;1H/q+1;/p-1. The Balaban J connectivity index is 0.00000162. The van der Waals surface area contributed by atoms with Crippen molar-refractivity contribution in [3.8, 4) is 0 Å². The van der Waals surface area contributed by atoms with Crippen molar-refractivity contribution in [2.75, 3.05) is 39.3 Å². The van der Waals surface area contributed by atoms with Gasteiger partial charge in [0, 0.05) is 19.6 Å². The zero-order valence-corrected chi connectivity index (χ0v) is 13.2. The molecular formula is C15H25BrN2. The molecule has 0 aliphatic carbocycles. The van der Waals surface area contributed by atoms with Crippen molar-refractivity contribution in [2.45, 2.75) is 20.4 Å². The molecule has 1 aromatic rings. The molecule has 102 valence electrons. The fourth-order valence-corrected chi connectivity index (χ4v) is 2.79. The van der Waals surface area contributed by atoms with Gasteiger partial charge in [0.05, 0.1) is 26.2 Å². The van der Waals surface area contributed by atoms with Crippen LogP contribution in [0.25, 0.3) is 0 Å². The maximum Gasteiger partial charge on any atom is 0.0916 e. The highest BCUT2D eigenvalue weighted by Crippen LogP contribution is 2.14. The van der Waals surface area contributed by atoms with Crippen LogP contribution >= 0.6 is 0 Å². The second-order valence-electron chi connectivity index (χ2n) is 5.18. The van der Waals surface area contributed by atoms with Gasteiger partial charge in [0.2, 0.25) is 0 Å². The predicted molar refractivity (Wildman–Crippen MR) is 72.8 cm³/mol. The Morgan fingerprint density at radius 1 is 1.00 bits per heavy atom. The van der Waals surface area contributed by atoms with Gasteiger partial charge in [-0.3, -0.25) is 4.90 Å². The van der Waals surface area contributed by atoms with E-state index in [-0.39, 0.29) is 17.0 Å². The predicted octanol–water partition coefficient (Wildman–Crippen LogP) is -0.637. The number of piperazine rings is 1. The van der Waals surface area contributed by atoms with Gasteiger partial charge >= 0.3 is 0 Å². The molecule has 0 N–H and O–H groups in total. The Morgan fingerprint density at radius 3 is 2.06 bits per heavy atom. The van der Waals surface area contributed by atoms with Crippen LogP contribution in [0.4, 0.5) is 0 Å². The second kappa shape index (κ2) is 7.27. The Kier molecular flexibility index (Phi) is 6.33. The zero-order chi connectivity index (χ0) is 12.1. The van der Waals surface area contributed by atoms with Crippen LogP contribution in [0.1, 0.15) is 19.4 Å². The van der Waals surface area contributed by atoms with Gasteiger partial charge in [-0.1, -0.05) is 30.3 Å². The fraction of sp³-hybridized carbons (Fsp3) is 0.600. The van der Waals surface area contributed by atoms with Crippen LogP contribution in [0, 0.1) is 0 Å². The molecule has 1 aliphatic heterocycles. The lowest BCUT2D eigenvalue weighted by molar-refractivity contribution is -0.928. The zero-order valence-electron chi connectivity index (χ0n) is 11.6.